The van der Waals surface area contributed by atoms with Crippen LogP contribution in [0.5, 0.6) is 5.75 Å². The lowest BCUT2D eigenvalue weighted by Crippen LogP contribution is -2.43. The van der Waals surface area contributed by atoms with Gasteiger partial charge < -0.3 is 14.8 Å². The quantitative estimate of drug-likeness (QED) is 0.782. The van der Waals surface area contributed by atoms with Crippen LogP contribution in [0.3, 0.4) is 0 Å². The summed E-state index contributed by atoms with van der Waals surface area (Å²) < 4.78 is 11.3. The summed E-state index contributed by atoms with van der Waals surface area (Å²) in [4.78, 5) is 0. The van der Waals surface area contributed by atoms with Crippen molar-refractivity contribution in [3.05, 3.63) is 29.3 Å². The predicted octanol–water partition coefficient (Wildman–Crippen LogP) is 3.09. The third kappa shape index (κ3) is 3.41. The summed E-state index contributed by atoms with van der Waals surface area (Å²) in [6.45, 7) is 5.00. The van der Waals surface area contributed by atoms with Gasteiger partial charge in [0.05, 0.1) is 6.61 Å². The van der Waals surface area contributed by atoms with E-state index in [1.165, 1.54) is 36.8 Å². The van der Waals surface area contributed by atoms with Crippen LogP contribution >= 0.6 is 0 Å². The minimum Gasteiger partial charge on any atom is -0.490 e. The minimum atomic E-state index is 0.367. The first-order valence-electron chi connectivity index (χ1n) is 8.17. The highest BCUT2D eigenvalue weighted by Crippen LogP contribution is 2.46. The van der Waals surface area contributed by atoms with E-state index >= 15 is 0 Å². The average Bonchev–Trinajstić information content (AvgIpc) is 2.81. The molecule has 1 heterocycles. The van der Waals surface area contributed by atoms with E-state index in [-0.39, 0.29) is 0 Å². The smallest absolute Gasteiger partial charge is 0.123 e. The maximum Gasteiger partial charge on any atom is 0.123 e. The molecule has 2 aliphatic rings. The molecule has 3 nitrogen and oxygen atoms in total. The Morgan fingerprint density at radius 2 is 2.24 bits per heavy atom. The Hall–Kier alpha value is -1.06. The maximum absolute atomic E-state index is 6.17. The standard InChI is InChI=1S/C18H27NO2/c1-14-4-5-17-15(10-14)11-16(21-17)12-18(6-3-7-18)13-19-8-9-20-2/h4-5,10,16,19H,3,6-9,11-13H2,1-2H3. The van der Waals surface area contributed by atoms with E-state index in [1.807, 2.05) is 0 Å². The van der Waals surface area contributed by atoms with Crippen LogP contribution in [0.4, 0.5) is 0 Å². The number of benzene rings is 1. The molecule has 116 valence electrons. The lowest BCUT2D eigenvalue weighted by molar-refractivity contribution is 0.0589. The molecule has 0 amide bonds. The second-order valence-electron chi connectivity index (χ2n) is 6.78. The van der Waals surface area contributed by atoms with Gasteiger partial charge in [-0.25, -0.2) is 0 Å². The number of nitrogens with one attached hydrogen (secondary N) is 1. The highest BCUT2D eigenvalue weighted by molar-refractivity contribution is 5.40. The number of ether oxygens (including phenoxy) is 2. The van der Waals surface area contributed by atoms with Crippen LogP contribution in [-0.2, 0) is 11.2 Å². The second kappa shape index (κ2) is 6.37. The van der Waals surface area contributed by atoms with Crippen LogP contribution in [0, 0.1) is 12.3 Å². The van der Waals surface area contributed by atoms with E-state index in [1.54, 1.807) is 7.11 Å². The molecule has 3 rings (SSSR count). The van der Waals surface area contributed by atoms with Gasteiger partial charge >= 0.3 is 0 Å². The highest BCUT2D eigenvalue weighted by Gasteiger charge is 2.40. The molecule has 21 heavy (non-hydrogen) atoms. The number of hydrogen-bond donors (Lipinski definition) is 1. The molecule has 1 fully saturated rings. The molecule has 0 spiro atoms. The Balaban J connectivity index is 1.54. The molecular formula is C18H27NO2. The largest absolute Gasteiger partial charge is 0.490 e. The van der Waals surface area contributed by atoms with Crippen LogP contribution in [0.2, 0.25) is 0 Å². The molecule has 0 bridgehead atoms. The summed E-state index contributed by atoms with van der Waals surface area (Å²) >= 11 is 0. The lowest BCUT2D eigenvalue weighted by Gasteiger charge is -2.43. The zero-order chi connectivity index (χ0) is 14.7. The van der Waals surface area contributed by atoms with E-state index in [4.69, 9.17) is 9.47 Å². The first kappa shape index (κ1) is 14.9. The van der Waals surface area contributed by atoms with Gasteiger partial charge in [0, 0.05) is 26.6 Å². The fourth-order valence-electron chi connectivity index (χ4n) is 3.70. The van der Waals surface area contributed by atoms with Gasteiger partial charge in [-0.3, -0.25) is 0 Å². The van der Waals surface area contributed by atoms with Crippen molar-refractivity contribution >= 4 is 0 Å². The molecule has 0 saturated heterocycles. The molecule has 1 aliphatic heterocycles. The summed E-state index contributed by atoms with van der Waals surface area (Å²) in [5, 5.41) is 3.55. The normalized spacial score (nSPS) is 22.5. The lowest BCUT2D eigenvalue weighted by atomic mass is 9.65. The van der Waals surface area contributed by atoms with Crippen molar-refractivity contribution in [2.75, 3.05) is 26.8 Å². The molecule has 1 saturated carbocycles. The molecule has 1 atom stereocenters. The van der Waals surface area contributed by atoms with Crippen molar-refractivity contribution in [3.8, 4) is 5.75 Å². The van der Waals surface area contributed by atoms with E-state index in [9.17, 15) is 0 Å². The van der Waals surface area contributed by atoms with Crippen molar-refractivity contribution in [2.45, 2.75) is 45.1 Å². The fourth-order valence-corrected chi connectivity index (χ4v) is 3.70. The average molecular weight is 289 g/mol. The van der Waals surface area contributed by atoms with Crippen molar-refractivity contribution < 1.29 is 9.47 Å². The monoisotopic (exact) mass is 289 g/mol. The first-order chi connectivity index (χ1) is 10.2. The fraction of sp³-hybridized carbons (Fsp3) is 0.667. The Bertz CT molecular complexity index is 482. The molecule has 0 aromatic heterocycles. The summed E-state index contributed by atoms with van der Waals surface area (Å²) in [6.07, 6.45) is 6.67. The molecule has 1 aromatic rings. The van der Waals surface area contributed by atoms with Crippen LogP contribution in [0.15, 0.2) is 18.2 Å². The van der Waals surface area contributed by atoms with Gasteiger partial charge in [-0.05, 0) is 43.2 Å². The van der Waals surface area contributed by atoms with Gasteiger partial charge in [0.2, 0.25) is 0 Å². The van der Waals surface area contributed by atoms with Gasteiger partial charge in [0.1, 0.15) is 11.9 Å². The van der Waals surface area contributed by atoms with Crippen LogP contribution in [-0.4, -0.2) is 32.9 Å². The van der Waals surface area contributed by atoms with Crippen molar-refractivity contribution in [1.82, 2.24) is 5.32 Å². The highest BCUT2D eigenvalue weighted by atomic mass is 16.5. The molecule has 1 unspecified atom stereocenters. The summed E-state index contributed by atoms with van der Waals surface area (Å²) in [7, 11) is 1.76. The molecule has 0 radical (unpaired) electrons. The molecule has 1 N–H and O–H groups in total. The second-order valence-corrected chi connectivity index (χ2v) is 6.78. The third-order valence-corrected chi connectivity index (χ3v) is 5.02. The number of aryl methyl sites for hydroxylation is 1. The minimum absolute atomic E-state index is 0.367. The summed E-state index contributed by atoms with van der Waals surface area (Å²) in [6, 6.07) is 6.56. The third-order valence-electron chi connectivity index (χ3n) is 5.02. The summed E-state index contributed by atoms with van der Waals surface area (Å²) in [5.41, 5.74) is 3.18. The number of rotatable bonds is 7. The molecule has 1 aromatic carbocycles. The SMILES string of the molecule is COCCNCC1(CC2Cc3cc(C)ccc3O2)CCC1. The number of hydrogen-bond acceptors (Lipinski definition) is 3. The molecule has 1 aliphatic carbocycles. The Morgan fingerprint density at radius 1 is 1.38 bits per heavy atom. The van der Waals surface area contributed by atoms with Crippen LogP contribution in [0.1, 0.15) is 36.8 Å². The van der Waals surface area contributed by atoms with Gasteiger partial charge in [0.15, 0.2) is 0 Å². The Kier molecular flexibility index (Phi) is 4.51. The predicted molar refractivity (Wildman–Crippen MR) is 84.9 cm³/mol. The topological polar surface area (TPSA) is 30.5 Å². The first-order valence-corrected chi connectivity index (χ1v) is 8.17. The zero-order valence-electron chi connectivity index (χ0n) is 13.3. The zero-order valence-corrected chi connectivity index (χ0v) is 13.3. The maximum atomic E-state index is 6.17. The Labute approximate surface area is 128 Å². The van der Waals surface area contributed by atoms with E-state index in [2.05, 4.69) is 30.4 Å². The molecular weight excluding hydrogens is 262 g/mol. The van der Waals surface area contributed by atoms with Crippen molar-refractivity contribution in [2.24, 2.45) is 5.41 Å². The van der Waals surface area contributed by atoms with E-state index in [0.29, 0.717) is 11.5 Å². The summed E-state index contributed by atoms with van der Waals surface area (Å²) in [5.74, 6) is 1.10. The van der Waals surface area contributed by atoms with Crippen LogP contribution in [0.25, 0.3) is 0 Å². The van der Waals surface area contributed by atoms with Gasteiger partial charge in [0.25, 0.3) is 0 Å². The van der Waals surface area contributed by atoms with Gasteiger partial charge in [-0.2, -0.15) is 0 Å². The van der Waals surface area contributed by atoms with Gasteiger partial charge in [-0.15, -0.1) is 0 Å². The van der Waals surface area contributed by atoms with Gasteiger partial charge in [-0.1, -0.05) is 24.1 Å². The number of fused-ring (bicyclic) bond motifs is 1. The number of methoxy groups -OCH3 is 1. The van der Waals surface area contributed by atoms with E-state index in [0.717, 1.165) is 31.9 Å². The molecule has 3 heteroatoms. The Morgan fingerprint density at radius 3 is 2.95 bits per heavy atom. The van der Waals surface area contributed by atoms with E-state index < -0.39 is 0 Å². The van der Waals surface area contributed by atoms with Crippen molar-refractivity contribution in [1.29, 1.82) is 0 Å². The van der Waals surface area contributed by atoms with Crippen LogP contribution < -0.4 is 10.1 Å². The van der Waals surface area contributed by atoms with Crippen molar-refractivity contribution in [3.63, 3.8) is 0 Å².